The SMILES string of the molecule is Fc1cccnc1OC1CCN(CC2(F)CC2)CC1.O=C(O)C(F)(F)F. The van der Waals surface area contributed by atoms with Crippen molar-refractivity contribution in [2.24, 2.45) is 0 Å². The summed E-state index contributed by atoms with van der Waals surface area (Å²) in [5, 5.41) is 7.12. The number of nitrogens with zero attached hydrogens (tertiary/aromatic N) is 2. The summed E-state index contributed by atoms with van der Waals surface area (Å²) in [6.45, 7) is 2.16. The Kier molecular flexibility index (Phi) is 6.38. The number of likely N-dealkylation sites (tertiary alicyclic amines) is 1. The van der Waals surface area contributed by atoms with Gasteiger partial charge in [-0.1, -0.05) is 0 Å². The molecule has 146 valence electrons. The van der Waals surface area contributed by atoms with Gasteiger partial charge in [0.05, 0.1) is 0 Å². The van der Waals surface area contributed by atoms with Gasteiger partial charge in [0.1, 0.15) is 11.8 Å². The Balaban J connectivity index is 0.000000298. The van der Waals surface area contributed by atoms with Gasteiger partial charge in [0.25, 0.3) is 5.88 Å². The maximum Gasteiger partial charge on any atom is 0.490 e. The first kappa shape index (κ1) is 20.3. The lowest BCUT2D eigenvalue weighted by atomic mass is 10.1. The van der Waals surface area contributed by atoms with Crippen LogP contribution in [0.3, 0.4) is 0 Å². The number of pyridine rings is 1. The van der Waals surface area contributed by atoms with Crippen molar-refractivity contribution in [1.29, 1.82) is 0 Å². The second-order valence-electron chi connectivity index (χ2n) is 6.34. The fourth-order valence-corrected chi connectivity index (χ4v) is 2.50. The van der Waals surface area contributed by atoms with Gasteiger partial charge < -0.3 is 9.84 Å². The lowest BCUT2D eigenvalue weighted by Gasteiger charge is -2.32. The molecule has 2 aliphatic rings. The van der Waals surface area contributed by atoms with Crippen LogP contribution in [0.5, 0.6) is 5.88 Å². The number of hydrogen-bond donors (Lipinski definition) is 1. The highest BCUT2D eigenvalue weighted by atomic mass is 19.4. The van der Waals surface area contributed by atoms with E-state index in [4.69, 9.17) is 14.6 Å². The van der Waals surface area contributed by atoms with Gasteiger partial charge in [0, 0.05) is 25.8 Å². The van der Waals surface area contributed by atoms with Crippen LogP contribution >= 0.6 is 0 Å². The molecule has 26 heavy (non-hydrogen) atoms. The lowest BCUT2D eigenvalue weighted by Crippen LogP contribution is -2.41. The number of aromatic nitrogens is 1. The molecule has 0 unspecified atom stereocenters. The molecule has 1 N–H and O–H groups in total. The highest BCUT2D eigenvalue weighted by molar-refractivity contribution is 5.73. The van der Waals surface area contributed by atoms with Crippen molar-refractivity contribution in [1.82, 2.24) is 9.88 Å². The average molecular weight is 382 g/mol. The van der Waals surface area contributed by atoms with Crippen molar-refractivity contribution in [3.63, 3.8) is 0 Å². The van der Waals surface area contributed by atoms with Crippen LogP contribution in [-0.2, 0) is 4.79 Å². The first-order valence-corrected chi connectivity index (χ1v) is 8.08. The number of aliphatic carboxylic acids is 1. The van der Waals surface area contributed by atoms with E-state index in [0.29, 0.717) is 19.4 Å². The Morgan fingerprint density at radius 1 is 1.35 bits per heavy atom. The van der Waals surface area contributed by atoms with Crippen molar-refractivity contribution >= 4 is 5.97 Å². The first-order chi connectivity index (χ1) is 12.1. The maximum absolute atomic E-state index is 13.6. The van der Waals surface area contributed by atoms with Crippen LogP contribution in [0.1, 0.15) is 25.7 Å². The van der Waals surface area contributed by atoms with Gasteiger partial charge in [0.2, 0.25) is 0 Å². The molecule has 0 bridgehead atoms. The zero-order valence-corrected chi connectivity index (χ0v) is 13.8. The minimum Gasteiger partial charge on any atom is -0.475 e. The molecule has 1 saturated heterocycles. The Morgan fingerprint density at radius 3 is 2.38 bits per heavy atom. The van der Waals surface area contributed by atoms with Crippen LogP contribution in [-0.4, -0.2) is 58.5 Å². The summed E-state index contributed by atoms with van der Waals surface area (Å²) in [5.41, 5.74) is -0.930. The molecule has 1 saturated carbocycles. The predicted octanol–water partition coefficient (Wildman–Crippen LogP) is 3.20. The largest absolute Gasteiger partial charge is 0.490 e. The Hall–Kier alpha value is -1.97. The second kappa shape index (κ2) is 8.15. The van der Waals surface area contributed by atoms with Crippen molar-refractivity contribution in [3.05, 3.63) is 24.1 Å². The molecule has 0 radical (unpaired) electrons. The molecule has 1 aromatic rings. The molecule has 0 amide bonds. The number of halogens is 5. The number of hydrogen-bond acceptors (Lipinski definition) is 4. The summed E-state index contributed by atoms with van der Waals surface area (Å²) >= 11 is 0. The van der Waals surface area contributed by atoms with E-state index < -0.39 is 23.6 Å². The van der Waals surface area contributed by atoms with E-state index in [1.165, 1.54) is 12.3 Å². The van der Waals surface area contributed by atoms with E-state index in [1.807, 2.05) is 0 Å². The molecule has 3 rings (SSSR count). The smallest absolute Gasteiger partial charge is 0.475 e. The topological polar surface area (TPSA) is 62.7 Å². The second-order valence-corrected chi connectivity index (χ2v) is 6.34. The minimum atomic E-state index is -5.08. The summed E-state index contributed by atoms with van der Waals surface area (Å²) in [6.07, 6.45) is -0.591. The lowest BCUT2D eigenvalue weighted by molar-refractivity contribution is -0.192. The zero-order chi connectivity index (χ0) is 19.4. The van der Waals surface area contributed by atoms with Crippen molar-refractivity contribution in [2.75, 3.05) is 19.6 Å². The number of rotatable bonds is 4. The first-order valence-electron chi connectivity index (χ1n) is 8.08. The van der Waals surface area contributed by atoms with Crippen molar-refractivity contribution in [3.8, 4) is 5.88 Å². The molecular weight excluding hydrogens is 363 g/mol. The third-order valence-corrected chi connectivity index (χ3v) is 4.08. The Morgan fingerprint density at radius 2 is 1.92 bits per heavy atom. The van der Waals surface area contributed by atoms with Gasteiger partial charge in [-0.25, -0.2) is 18.6 Å². The van der Waals surface area contributed by atoms with Crippen LogP contribution < -0.4 is 4.74 Å². The summed E-state index contributed by atoms with van der Waals surface area (Å²) in [7, 11) is 0. The highest BCUT2D eigenvalue weighted by Gasteiger charge is 2.44. The monoisotopic (exact) mass is 382 g/mol. The van der Waals surface area contributed by atoms with E-state index in [2.05, 4.69) is 9.88 Å². The average Bonchev–Trinajstić information content (AvgIpc) is 3.28. The Bertz CT molecular complexity index is 614. The molecule has 1 aliphatic carbocycles. The highest BCUT2D eigenvalue weighted by Crippen LogP contribution is 2.40. The third-order valence-electron chi connectivity index (χ3n) is 4.08. The summed E-state index contributed by atoms with van der Waals surface area (Å²) in [4.78, 5) is 14.9. The van der Waals surface area contributed by atoms with Crippen molar-refractivity contribution < 1.29 is 36.6 Å². The van der Waals surface area contributed by atoms with Gasteiger partial charge in [-0.15, -0.1) is 0 Å². The van der Waals surface area contributed by atoms with Crippen LogP contribution in [0.15, 0.2) is 18.3 Å². The van der Waals surface area contributed by atoms with Gasteiger partial charge in [-0.05, 0) is 37.8 Å². The number of carbonyl (C=O) groups is 1. The molecule has 5 nitrogen and oxygen atoms in total. The van der Waals surface area contributed by atoms with Crippen LogP contribution in [0.4, 0.5) is 22.0 Å². The predicted molar refractivity (Wildman–Crippen MR) is 81.0 cm³/mol. The third kappa shape index (κ3) is 6.40. The standard InChI is InChI=1S/C14H18F2N2O.C2HF3O2/c15-12-2-1-7-17-13(12)19-11-3-8-18(9-4-11)10-14(16)5-6-14;3-2(4,5)1(6)7/h1-2,7,11H,3-6,8-10H2;(H,6,7). The van der Waals surface area contributed by atoms with E-state index in [1.54, 1.807) is 6.07 Å². The van der Waals surface area contributed by atoms with Gasteiger partial charge in [0.15, 0.2) is 5.82 Å². The zero-order valence-electron chi connectivity index (χ0n) is 13.8. The van der Waals surface area contributed by atoms with Crippen LogP contribution in [0.25, 0.3) is 0 Å². The molecular formula is C16H19F5N2O3. The molecule has 0 aromatic carbocycles. The minimum absolute atomic E-state index is 0.0181. The van der Waals surface area contributed by atoms with Crippen LogP contribution in [0.2, 0.25) is 0 Å². The number of carboxylic acid groups (broad SMARTS) is 1. The summed E-state index contributed by atoms with van der Waals surface area (Å²) in [6, 6.07) is 2.89. The maximum atomic E-state index is 13.6. The summed E-state index contributed by atoms with van der Waals surface area (Å²) < 4.78 is 64.4. The number of carboxylic acids is 1. The van der Waals surface area contributed by atoms with E-state index in [9.17, 15) is 22.0 Å². The molecule has 1 aromatic heterocycles. The Labute approximate surface area is 146 Å². The van der Waals surface area contributed by atoms with Gasteiger partial charge in [-0.2, -0.15) is 13.2 Å². The van der Waals surface area contributed by atoms with E-state index >= 15 is 0 Å². The van der Waals surface area contributed by atoms with E-state index in [0.717, 1.165) is 25.9 Å². The van der Waals surface area contributed by atoms with Gasteiger partial charge >= 0.3 is 12.1 Å². The van der Waals surface area contributed by atoms with Crippen LogP contribution in [0, 0.1) is 5.82 Å². The number of ether oxygens (including phenoxy) is 1. The number of alkyl halides is 4. The van der Waals surface area contributed by atoms with Crippen molar-refractivity contribution in [2.45, 2.75) is 43.6 Å². The van der Waals surface area contributed by atoms with Gasteiger partial charge in [-0.3, -0.25) is 4.90 Å². The molecule has 2 fully saturated rings. The molecule has 1 aliphatic heterocycles. The normalized spacial score (nSPS) is 20.0. The molecule has 0 spiro atoms. The fourth-order valence-electron chi connectivity index (χ4n) is 2.50. The molecule has 0 atom stereocenters. The number of piperidine rings is 1. The van der Waals surface area contributed by atoms with E-state index in [-0.39, 0.29) is 12.0 Å². The molecule has 2 heterocycles. The molecule has 10 heteroatoms. The summed E-state index contributed by atoms with van der Waals surface area (Å²) in [5.74, 6) is -3.11. The fraction of sp³-hybridized carbons (Fsp3) is 0.625. The quantitative estimate of drug-likeness (QED) is 0.811.